The summed E-state index contributed by atoms with van der Waals surface area (Å²) in [4.78, 5) is 20.3. The monoisotopic (exact) mass is 251 g/mol. The Hall–Kier alpha value is -2.49. The number of ketones is 1. The number of hydrogen-bond acceptors (Lipinski definition) is 3. The van der Waals surface area contributed by atoms with Crippen LogP contribution in [0.5, 0.6) is 0 Å². The highest BCUT2D eigenvalue weighted by Gasteiger charge is 2.14. The largest absolute Gasteiger partial charge is 0.300 e. The van der Waals surface area contributed by atoms with E-state index in [0.717, 1.165) is 22.7 Å². The van der Waals surface area contributed by atoms with Crippen LogP contribution in [0.15, 0.2) is 48.7 Å². The third-order valence-electron chi connectivity index (χ3n) is 2.91. The van der Waals surface area contributed by atoms with Gasteiger partial charge in [0.1, 0.15) is 17.1 Å². The Morgan fingerprint density at radius 2 is 1.95 bits per heavy atom. The zero-order valence-corrected chi connectivity index (χ0v) is 10.6. The van der Waals surface area contributed by atoms with Crippen molar-refractivity contribution < 1.29 is 4.79 Å². The molecule has 0 unspecified atom stereocenters. The molecule has 0 aliphatic heterocycles. The third-order valence-corrected chi connectivity index (χ3v) is 2.91. The van der Waals surface area contributed by atoms with Crippen LogP contribution >= 0.6 is 0 Å². The van der Waals surface area contributed by atoms with E-state index < -0.39 is 0 Å². The number of benzene rings is 1. The van der Waals surface area contributed by atoms with Crippen molar-refractivity contribution in [3.8, 4) is 5.69 Å². The molecule has 0 saturated carbocycles. The summed E-state index contributed by atoms with van der Waals surface area (Å²) in [6.07, 6.45) is 2.05. The number of fused-ring (bicyclic) bond motifs is 1. The number of nitrogens with zero attached hydrogens (tertiary/aromatic N) is 3. The van der Waals surface area contributed by atoms with Crippen LogP contribution in [0.4, 0.5) is 0 Å². The second kappa shape index (κ2) is 4.65. The highest BCUT2D eigenvalue weighted by Crippen LogP contribution is 2.19. The van der Waals surface area contributed by atoms with E-state index in [1.54, 1.807) is 13.1 Å². The van der Waals surface area contributed by atoms with Gasteiger partial charge in [0.2, 0.25) is 0 Å². The molecule has 2 aromatic heterocycles. The van der Waals surface area contributed by atoms with E-state index in [2.05, 4.69) is 9.97 Å². The summed E-state index contributed by atoms with van der Waals surface area (Å²) in [7, 11) is 0. The standard InChI is InChI=1S/C15H13N3O/c1-11(19)10-14-17-13-8-5-9-16-15(13)18(14)12-6-3-2-4-7-12/h2-9H,10H2,1H3. The van der Waals surface area contributed by atoms with Crippen molar-refractivity contribution in [2.45, 2.75) is 13.3 Å². The van der Waals surface area contributed by atoms with E-state index >= 15 is 0 Å². The van der Waals surface area contributed by atoms with Gasteiger partial charge in [-0.1, -0.05) is 18.2 Å². The van der Waals surface area contributed by atoms with E-state index in [1.807, 2.05) is 47.0 Å². The van der Waals surface area contributed by atoms with Crippen LogP contribution in [0.2, 0.25) is 0 Å². The summed E-state index contributed by atoms with van der Waals surface area (Å²) >= 11 is 0. The van der Waals surface area contributed by atoms with Gasteiger partial charge in [0.15, 0.2) is 5.65 Å². The average molecular weight is 251 g/mol. The van der Waals surface area contributed by atoms with Gasteiger partial charge in [-0.25, -0.2) is 9.97 Å². The molecule has 3 rings (SSSR count). The van der Waals surface area contributed by atoms with E-state index in [-0.39, 0.29) is 5.78 Å². The van der Waals surface area contributed by atoms with Crippen LogP contribution in [0, 0.1) is 0 Å². The highest BCUT2D eigenvalue weighted by atomic mass is 16.1. The normalized spacial score (nSPS) is 10.8. The molecule has 94 valence electrons. The number of carbonyl (C=O) groups is 1. The van der Waals surface area contributed by atoms with E-state index in [4.69, 9.17) is 0 Å². The van der Waals surface area contributed by atoms with Crippen LogP contribution in [0.3, 0.4) is 0 Å². The number of rotatable bonds is 3. The molecular weight excluding hydrogens is 238 g/mol. The minimum Gasteiger partial charge on any atom is -0.300 e. The number of hydrogen-bond donors (Lipinski definition) is 0. The lowest BCUT2D eigenvalue weighted by Crippen LogP contribution is -2.06. The van der Waals surface area contributed by atoms with Crippen molar-refractivity contribution >= 4 is 16.9 Å². The van der Waals surface area contributed by atoms with Crippen molar-refractivity contribution in [3.63, 3.8) is 0 Å². The quantitative estimate of drug-likeness (QED) is 0.718. The summed E-state index contributed by atoms with van der Waals surface area (Å²) in [6.45, 7) is 1.57. The SMILES string of the molecule is CC(=O)Cc1nc2cccnc2n1-c1ccccc1. The van der Waals surface area contributed by atoms with Gasteiger partial charge in [0, 0.05) is 11.9 Å². The molecule has 0 bridgehead atoms. The Bertz CT molecular complexity index is 731. The van der Waals surface area contributed by atoms with E-state index in [0.29, 0.717) is 6.42 Å². The lowest BCUT2D eigenvalue weighted by molar-refractivity contribution is -0.116. The number of pyridine rings is 1. The molecule has 0 spiro atoms. The Morgan fingerprint density at radius 1 is 1.16 bits per heavy atom. The molecular formula is C15H13N3O. The van der Waals surface area contributed by atoms with Gasteiger partial charge in [0.25, 0.3) is 0 Å². The minimum atomic E-state index is 0.0903. The second-order valence-electron chi connectivity index (χ2n) is 4.42. The Balaban J connectivity index is 2.27. The number of carbonyl (C=O) groups excluding carboxylic acids is 1. The maximum atomic E-state index is 11.4. The topological polar surface area (TPSA) is 47.8 Å². The van der Waals surface area contributed by atoms with Gasteiger partial charge in [-0.15, -0.1) is 0 Å². The van der Waals surface area contributed by atoms with Gasteiger partial charge >= 0.3 is 0 Å². The molecule has 0 aliphatic rings. The molecule has 4 nitrogen and oxygen atoms in total. The first-order valence-electron chi connectivity index (χ1n) is 6.13. The predicted molar refractivity (Wildman–Crippen MR) is 73.3 cm³/mol. The zero-order chi connectivity index (χ0) is 13.2. The van der Waals surface area contributed by atoms with Crippen molar-refractivity contribution in [2.75, 3.05) is 0 Å². The summed E-state index contributed by atoms with van der Waals surface area (Å²) in [6, 6.07) is 13.6. The molecule has 0 amide bonds. The molecule has 0 atom stereocenters. The maximum absolute atomic E-state index is 11.4. The van der Waals surface area contributed by atoms with Gasteiger partial charge < -0.3 is 0 Å². The fraction of sp³-hybridized carbons (Fsp3) is 0.133. The first-order valence-corrected chi connectivity index (χ1v) is 6.13. The second-order valence-corrected chi connectivity index (χ2v) is 4.42. The van der Waals surface area contributed by atoms with Gasteiger partial charge in [-0.2, -0.15) is 0 Å². The predicted octanol–water partition coefficient (Wildman–Crippen LogP) is 2.55. The maximum Gasteiger partial charge on any atom is 0.164 e. The van der Waals surface area contributed by atoms with Crippen LogP contribution < -0.4 is 0 Å². The molecule has 0 radical (unpaired) electrons. The van der Waals surface area contributed by atoms with Gasteiger partial charge in [0.05, 0.1) is 6.42 Å². The van der Waals surface area contributed by atoms with Crippen LogP contribution in [-0.4, -0.2) is 20.3 Å². The number of para-hydroxylation sites is 1. The van der Waals surface area contributed by atoms with Gasteiger partial charge in [-0.05, 0) is 31.2 Å². The van der Waals surface area contributed by atoms with Crippen molar-refractivity contribution in [1.29, 1.82) is 0 Å². The zero-order valence-electron chi connectivity index (χ0n) is 10.6. The molecule has 0 fully saturated rings. The smallest absolute Gasteiger partial charge is 0.164 e. The lowest BCUT2D eigenvalue weighted by Gasteiger charge is -2.07. The summed E-state index contributed by atoms with van der Waals surface area (Å²) in [5, 5.41) is 0. The summed E-state index contributed by atoms with van der Waals surface area (Å²) < 4.78 is 1.94. The fourth-order valence-electron chi connectivity index (χ4n) is 2.15. The highest BCUT2D eigenvalue weighted by molar-refractivity contribution is 5.80. The number of imidazole rings is 1. The van der Waals surface area contributed by atoms with Crippen LogP contribution in [0.25, 0.3) is 16.9 Å². The summed E-state index contributed by atoms with van der Waals surface area (Å²) in [5.74, 6) is 0.819. The van der Waals surface area contributed by atoms with Gasteiger partial charge in [-0.3, -0.25) is 9.36 Å². The average Bonchev–Trinajstić information content (AvgIpc) is 2.76. The molecule has 19 heavy (non-hydrogen) atoms. The Labute approximate surface area is 110 Å². The van der Waals surface area contributed by atoms with Crippen LogP contribution in [0.1, 0.15) is 12.7 Å². The number of Topliss-reactive ketones (excluding diaryl/α,β-unsaturated/α-hetero) is 1. The molecule has 3 aromatic rings. The van der Waals surface area contributed by atoms with E-state index in [9.17, 15) is 4.79 Å². The van der Waals surface area contributed by atoms with Crippen LogP contribution in [-0.2, 0) is 11.2 Å². The number of aromatic nitrogens is 3. The molecule has 0 aliphatic carbocycles. The first-order chi connectivity index (χ1) is 9.25. The van der Waals surface area contributed by atoms with Crippen molar-refractivity contribution in [2.24, 2.45) is 0 Å². The molecule has 4 heteroatoms. The third kappa shape index (κ3) is 2.12. The molecule has 1 aromatic carbocycles. The van der Waals surface area contributed by atoms with Crippen molar-refractivity contribution in [1.82, 2.24) is 14.5 Å². The van der Waals surface area contributed by atoms with E-state index in [1.165, 1.54) is 0 Å². The Morgan fingerprint density at radius 3 is 2.68 bits per heavy atom. The summed E-state index contributed by atoms with van der Waals surface area (Å²) in [5.41, 5.74) is 2.56. The minimum absolute atomic E-state index is 0.0903. The fourth-order valence-corrected chi connectivity index (χ4v) is 2.15. The first kappa shape index (κ1) is 11.6. The molecule has 0 N–H and O–H groups in total. The lowest BCUT2D eigenvalue weighted by atomic mass is 10.2. The van der Waals surface area contributed by atoms with Crippen molar-refractivity contribution in [3.05, 3.63) is 54.5 Å². The molecule has 0 saturated heterocycles. The Kier molecular flexibility index (Phi) is 2.83. The molecule has 2 heterocycles.